The summed E-state index contributed by atoms with van der Waals surface area (Å²) in [5.41, 5.74) is -0.365. The van der Waals surface area contributed by atoms with Gasteiger partial charge in [-0.3, -0.25) is 0 Å². The fourth-order valence-corrected chi connectivity index (χ4v) is 1.50. The van der Waals surface area contributed by atoms with E-state index in [2.05, 4.69) is 0 Å². The lowest BCUT2D eigenvalue weighted by molar-refractivity contribution is -0.300. The molecule has 0 aliphatic carbocycles. The van der Waals surface area contributed by atoms with E-state index in [1.807, 2.05) is 13.8 Å². The van der Waals surface area contributed by atoms with Gasteiger partial charge in [0.25, 0.3) is 0 Å². The Labute approximate surface area is 116 Å². The monoisotopic (exact) mass is 280 g/mol. The molecule has 116 valence electrons. The third-order valence-corrected chi connectivity index (χ3v) is 2.55. The minimum Gasteiger partial charge on any atom is -0.382 e. The SMILES string of the molecule is CCOCC(COCC)(COCCOC)COOC. The van der Waals surface area contributed by atoms with Gasteiger partial charge in [0.2, 0.25) is 0 Å². The number of hydrogen-bond donors (Lipinski definition) is 0. The Kier molecular flexibility index (Phi) is 12.6. The minimum absolute atomic E-state index is 0.358. The third-order valence-electron chi connectivity index (χ3n) is 2.55. The van der Waals surface area contributed by atoms with Crippen LogP contribution in [0.2, 0.25) is 0 Å². The van der Waals surface area contributed by atoms with Crippen LogP contribution in [-0.2, 0) is 28.7 Å². The summed E-state index contributed by atoms with van der Waals surface area (Å²) in [5.74, 6) is 0. The van der Waals surface area contributed by atoms with Crippen molar-refractivity contribution in [1.29, 1.82) is 0 Å². The van der Waals surface area contributed by atoms with Gasteiger partial charge in [0, 0.05) is 20.3 Å². The smallest absolute Gasteiger partial charge is 0.0945 e. The molecule has 0 heterocycles. The number of hydrogen-bond acceptors (Lipinski definition) is 6. The van der Waals surface area contributed by atoms with Crippen LogP contribution in [0.5, 0.6) is 0 Å². The molecule has 0 saturated heterocycles. The summed E-state index contributed by atoms with van der Waals surface area (Å²) in [5, 5.41) is 0. The Balaban J connectivity index is 4.38. The highest BCUT2D eigenvalue weighted by molar-refractivity contribution is 4.78. The predicted octanol–water partition coefficient (Wildman–Crippen LogP) is 1.29. The van der Waals surface area contributed by atoms with E-state index in [0.717, 1.165) is 0 Å². The first kappa shape index (κ1) is 18.8. The van der Waals surface area contributed by atoms with E-state index in [1.165, 1.54) is 7.11 Å². The second kappa shape index (κ2) is 12.8. The zero-order valence-electron chi connectivity index (χ0n) is 12.6. The normalized spacial score (nSPS) is 12.0. The van der Waals surface area contributed by atoms with Gasteiger partial charge < -0.3 is 18.9 Å². The summed E-state index contributed by atoms with van der Waals surface area (Å²) in [7, 11) is 3.13. The molecule has 0 spiro atoms. The zero-order valence-corrected chi connectivity index (χ0v) is 12.6. The van der Waals surface area contributed by atoms with Crippen LogP contribution < -0.4 is 0 Å². The maximum atomic E-state index is 5.61. The third kappa shape index (κ3) is 9.32. The highest BCUT2D eigenvalue weighted by atomic mass is 17.2. The largest absolute Gasteiger partial charge is 0.382 e. The van der Waals surface area contributed by atoms with Gasteiger partial charge >= 0.3 is 0 Å². The van der Waals surface area contributed by atoms with Crippen LogP contribution in [0.1, 0.15) is 13.8 Å². The molecular weight excluding hydrogens is 252 g/mol. The van der Waals surface area contributed by atoms with E-state index >= 15 is 0 Å². The Morgan fingerprint density at radius 2 is 1.32 bits per heavy atom. The van der Waals surface area contributed by atoms with Crippen LogP contribution in [0.25, 0.3) is 0 Å². The molecule has 0 aromatic heterocycles. The zero-order chi connectivity index (χ0) is 14.4. The maximum Gasteiger partial charge on any atom is 0.0945 e. The summed E-state index contributed by atoms with van der Waals surface area (Å²) in [6, 6.07) is 0. The van der Waals surface area contributed by atoms with Gasteiger partial charge in [0.05, 0.1) is 52.2 Å². The van der Waals surface area contributed by atoms with Crippen LogP contribution >= 0.6 is 0 Å². The first-order valence-electron chi connectivity index (χ1n) is 6.62. The van der Waals surface area contributed by atoms with Gasteiger partial charge in [0.1, 0.15) is 0 Å². The molecule has 0 aliphatic heterocycles. The number of ether oxygens (including phenoxy) is 4. The topological polar surface area (TPSA) is 55.4 Å². The molecule has 0 unspecified atom stereocenters. The Morgan fingerprint density at radius 1 is 0.737 bits per heavy atom. The molecule has 0 bridgehead atoms. The second-order valence-electron chi connectivity index (χ2n) is 4.25. The van der Waals surface area contributed by atoms with Gasteiger partial charge in [-0.25, -0.2) is 9.78 Å². The lowest BCUT2D eigenvalue weighted by Gasteiger charge is -2.31. The second-order valence-corrected chi connectivity index (χ2v) is 4.25. The Morgan fingerprint density at radius 3 is 1.79 bits per heavy atom. The predicted molar refractivity (Wildman–Crippen MR) is 71.1 cm³/mol. The molecule has 0 saturated carbocycles. The average Bonchev–Trinajstić information content (AvgIpc) is 2.44. The van der Waals surface area contributed by atoms with Crippen LogP contribution in [0, 0.1) is 5.41 Å². The maximum absolute atomic E-state index is 5.61. The summed E-state index contributed by atoms with van der Waals surface area (Å²) < 4.78 is 21.6. The van der Waals surface area contributed by atoms with Crippen molar-refractivity contribution in [3.05, 3.63) is 0 Å². The number of rotatable bonds is 14. The quantitative estimate of drug-likeness (QED) is 0.271. The molecule has 0 aromatic rings. The van der Waals surface area contributed by atoms with Gasteiger partial charge in [-0.1, -0.05) is 0 Å². The molecule has 0 radical (unpaired) electrons. The van der Waals surface area contributed by atoms with Crippen molar-refractivity contribution in [2.45, 2.75) is 13.8 Å². The van der Waals surface area contributed by atoms with E-state index in [9.17, 15) is 0 Å². The van der Waals surface area contributed by atoms with E-state index < -0.39 is 0 Å². The van der Waals surface area contributed by atoms with Gasteiger partial charge in [-0.2, -0.15) is 0 Å². The van der Waals surface area contributed by atoms with Crippen LogP contribution in [0.4, 0.5) is 0 Å². The fraction of sp³-hybridized carbons (Fsp3) is 1.00. The molecule has 0 amide bonds. The van der Waals surface area contributed by atoms with Crippen LogP contribution in [0.3, 0.4) is 0 Å². The average molecular weight is 280 g/mol. The highest BCUT2D eigenvalue weighted by Gasteiger charge is 2.32. The molecule has 0 atom stereocenters. The van der Waals surface area contributed by atoms with Crippen molar-refractivity contribution >= 4 is 0 Å². The fourth-order valence-electron chi connectivity index (χ4n) is 1.50. The van der Waals surface area contributed by atoms with Crippen LogP contribution in [0.15, 0.2) is 0 Å². The Bertz CT molecular complexity index is 166. The molecule has 0 N–H and O–H groups in total. The van der Waals surface area contributed by atoms with Crippen molar-refractivity contribution in [3.8, 4) is 0 Å². The molecule has 19 heavy (non-hydrogen) atoms. The van der Waals surface area contributed by atoms with Crippen molar-refractivity contribution in [2.24, 2.45) is 5.41 Å². The van der Waals surface area contributed by atoms with E-state index in [0.29, 0.717) is 52.9 Å². The standard InChI is InChI=1S/C13H28O6/c1-5-16-9-13(10-17-6-2,12-19-15-4)11-18-8-7-14-3/h5-12H2,1-4H3. The van der Waals surface area contributed by atoms with E-state index in [4.69, 9.17) is 28.7 Å². The molecule has 0 aromatic carbocycles. The van der Waals surface area contributed by atoms with Gasteiger partial charge in [-0.05, 0) is 13.8 Å². The molecule has 0 rings (SSSR count). The molecular formula is C13H28O6. The minimum atomic E-state index is -0.365. The molecule has 6 nitrogen and oxygen atoms in total. The Hall–Kier alpha value is -0.240. The highest BCUT2D eigenvalue weighted by Crippen LogP contribution is 2.20. The van der Waals surface area contributed by atoms with Crippen molar-refractivity contribution < 1.29 is 28.7 Å². The summed E-state index contributed by atoms with van der Waals surface area (Å²) >= 11 is 0. The van der Waals surface area contributed by atoms with E-state index in [1.54, 1.807) is 7.11 Å². The number of methoxy groups -OCH3 is 1. The molecule has 0 fully saturated rings. The summed E-state index contributed by atoms with van der Waals surface area (Å²) in [6.45, 7) is 8.10. The summed E-state index contributed by atoms with van der Waals surface area (Å²) in [4.78, 5) is 9.77. The lowest BCUT2D eigenvalue weighted by Crippen LogP contribution is -2.42. The molecule has 6 heteroatoms. The van der Waals surface area contributed by atoms with Crippen LogP contribution in [-0.4, -0.2) is 67.1 Å². The molecule has 0 aliphatic rings. The van der Waals surface area contributed by atoms with Crippen molar-refractivity contribution in [3.63, 3.8) is 0 Å². The van der Waals surface area contributed by atoms with Gasteiger partial charge in [0.15, 0.2) is 0 Å². The lowest BCUT2D eigenvalue weighted by atomic mass is 9.92. The van der Waals surface area contributed by atoms with E-state index in [-0.39, 0.29) is 5.41 Å². The summed E-state index contributed by atoms with van der Waals surface area (Å²) in [6.07, 6.45) is 0. The van der Waals surface area contributed by atoms with Crippen molar-refractivity contribution in [1.82, 2.24) is 0 Å². The van der Waals surface area contributed by atoms with Crippen molar-refractivity contribution in [2.75, 3.05) is 67.1 Å². The van der Waals surface area contributed by atoms with Gasteiger partial charge in [-0.15, -0.1) is 0 Å². The first-order chi connectivity index (χ1) is 9.24. The first-order valence-corrected chi connectivity index (χ1v) is 6.62.